The van der Waals surface area contributed by atoms with Gasteiger partial charge in [0.25, 0.3) is 5.91 Å². The van der Waals surface area contributed by atoms with Gasteiger partial charge in [0, 0.05) is 35.0 Å². The second-order valence-electron chi connectivity index (χ2n) is 7.90. The van der Waals surface area contributed by atoms with E-state index >= 15 is 0 Å². The molecule has 4 rings (SSSR count). The zero-order chi connectivity index (χ0) is 19.2. The molecule has 136 valence electrons. The average Bonchev–Trinajstić information content (AvgIpc) is 3.07. The highest BCUT2D eigenvalue weighted by Crippen LogP contribution is 2.38. The molecule has 0 radical (unpaired) electrons. The number of aromatic amines is 1. The molecule has 5 nitrogen and oxygen atoms in total. The molecule has 2 aromatic rings. The number of benzene rings is 1. The average molecular weight is 359 g/mol. The number of allylic oxidation sites excluding steroid dienone is 3. The van der Waals surface area contributed by atoms with E-state index in [1.165, 1.54) is 0 Å². The molecule has 1 aromatic heterocycles. The van der Waals surface area contributed by atoms with Crippen molar-refractivity contribution >= 4 is 28.4 Å². The van der Waals surface area contributed by atoms with Crippen LogP contribution in [0.1, 0.15) is 31.1 Å². The van der Waals surface area contributed by atoms with Gasteiger partial charge in [-0.2, -0.15) is 0 Å². The number of carbonyl (C=O) groups excluding carboxylic acids is 2. The number of H-pyrrole nitrogens is 1. The Bertz CT molecular complexity index is 1070. The maximum absolute atomic E-state index is 12.6. The molecule has 0 fully saturated rings. The molecule has 0 saturated carbocycles. The van der Waals surface area contributed by atoms with Crippen LogP contribution in [0.3, 0.4) is 0 Å². The van der Waals surface area contributed by atoms with E-state index in [0.29, 0.717) is 11.3 Å². The molecule has 1 aromatic carbocycles. The molecule has 27 heavy (non-hydrogen) atoms. The Labute approximate surface area is 157 Å². The van der Waals surface area contributed by atoms with Gasteiger partial charge in [-0.25, -0.2) is 4.99 Å². The van der Waals surface area contributed by atoms with Crippen LogP contribution in [0, 0.1) is 11.3 Å². The van der Waals surface area contributed by atoms with Crippen molar-refractivity contribution in [1.82, 2.24) is 10.3 Å². The van der Waals surface area contributed by atoms with Gasteiger partial charge in [0.1, 0.15) is 0 Å². The number of aliphatic imine (C=N–C) groups is 1. The Morgan fingerprint density at radius 3 is 2.74 bits per heavy atom. The smallest absolute Gasteiger partial charge is 0.277 e. The van der Waals surface area contributed by atoms with Crippen LogP contribution in [-0.2, 0) is 4.79 Å². The number of fused-ring (bicyclic) bond motifs is 2. The summed E-state index contributed by atoms with van der Waals surface area (Å²) >= 11 is 0. The molecule has 2 N–H and O–H groups in total. The third-order valence-corrected chi connectivity index (χ3v) is 4.89. The number of rotatable bonds is 1. The second kappa shape index (κ2) is 6.20. The maximum atomic E-state index is 12.6. The first-order valence-electron chi connectivity index (χ1n) is 8.94. The van der Waals surface area contributed by atoms with Crippen LogP contribution in [0.5, 0.6) is 0 Å². The summed E-state index contributed by atoms with van der Waals surface area (Å²) in [5.41, 5.74) is 3.65. The molecular formula is C22H21N3O2. The summed E-state index contributed by atoms with van der Waals surface area (Å²) < 4.78 is 0. The van der Waals surface area contributed by atoms with Crippen molar-refractivity contribution in [3.8, 4) is 0 Å². The lowest BCUT2D eigenvalue weighted by atomic mass is 9.74. The maximum Gasteiger partial charge on any atom is 0.277 e. The van der Waals surface area contributed by atoms with Crippen LogP contribution in [0.2, 0.25) is 0 Å². The van der Waals surface area contributed by atoms with Crippen LogP contribution in [0.25, 0.3) is 10.9 Å². The Morgan fingerprint density at radius 2 is 1.96 bits per heavy atom. The first-order valence-corrected chi connectivity index (χ1v) is 8.94. The van der Waals surface area contributed by atoms with Crippen molar-refractivity contribution in [2.24, 2.45) is 16.3 Å². The minimum Gasteiger partial charge on any atom is -0.361 e. The van der Waals surface area contributed by atoms with Crippen LogP contribution in [0.15, 0.2) is 71.0 Å². The van der Waals surface area contributed by atoms with Gasteiger partial charge >= 0.3 is 0 Å². The van der Waals surface area contributed by atoms with E-state index in [1.54, 1.807) is 24.3 Å². The standard InChI is InChI=1S/C22H21N3O2/c1-22(2,3)17-12-20(26)25-19-11-15(6-7-16(17)19)24-21(27)14-5-4-13-8-9-23-18(13)10-14/h4-12,16,23H,1-3H3,(H,25,26). The molecule has 5 heteroatoms. The lowest BCUT2D eigenvalue weighted by Gasteiger charge is -2.34. The zero-order valence-corrected chi connectivity index (χ0v) is 15.5. The van der Waals surface area contributed by atoms with Crippen LogP contribution >= 0.6 is 0 Å². The summed E-state index contributed by atoms with van der Waals surface area (Å²) in [4.78, 5) is 32.0. The fourth-order valence-corrected chi connectivity index (χ4v) is 3.51. The van der Waals surface area contributed by atoms with Gasteiger partial charge in [-0.15, -0.1) is 0 Å². The second-order valence-corrected chi connectivity index (χ2v) is 7.90. The van der Waals surface area contributed by atoms with E-state index in [4.69, 9.17) is 0 Å². The normalized spacial score (nSPS) is 20.9. The van der Waals surface area contributed by atoms with E-state index in [1.807, 2.05) is 30.5 Å². The van der Waals surface area contributed by atoms with Crippen molar-refractivity contribution in [3.63, 3.8) is 0 Å². The number of nitrogens with zero attached hydrogens (tertiary/aromatic N) is 1. The highest BCUT2D eigenvalue weighted by atomic mass is 16.2. The molecule has 0 saturated heterocycles. The number of amides is 2. The first kappa shape index (κ1) is 17.2. The minimum atomic E-state index is -0.310. The van der Waals surface area contributed by atoms with Crippen molar-refractivity contribution in [2.45, 2.75) is 20.8 Å². The quantitative estimate of drug-likeness (QED) is 0.810. The minimum absolute atomic E-state index is 0.00650. The lowest BCUT2D eigenvalue weighted by Crippen LogP contribution is -2.36. The Kier molecular flexibility index (Phi) is 3.95. The number of carbonyl (C=O) groups is 2. The molecule has 1 unspecified atom stereocenters. The van der Waals surface area contributed by atoms with Crippen LogP contribution in [-0.4, -0.2) is 22.5 Å². The number of hydrogen-bond acceptors (Lipinski definition) is 2. The van der Waals surface area contributed by atoms with Gasteiger partial charge in [0.2, 0.25) is 5.91 Å². The summed E-state index contributed by atoms with van der Waals surface area (Å²) in [6.45, 7) is 6.27. The largest absolute Gasteiger partial charge is 0.361 e. The number of aromatic nitrogens is 1. The zero-order valence-electron chi connectivity index (χ0n) is 15.5. The highest BCUT2D eigenvalue weighted by molar-refractivity contribution is 6.14. The summed E-state index contributed by atoms with van der Waals surface area (Å²) in [6.07, 6.45) is 9.13. The lowest BCUT2D eigenvalue weighted by molar-refractivity contribution is -0.116. The molecule has 1 aliphatic carbocycles. The fourth-order valence-electron chi connectivity index (χ4n) is 3.51. The van der Waals surface area contributed by atoms with Crippen molar-refractivity contribution < 1.29 is 9.59 Å². The molecular weight excluding hydrogens is 338 g/mol. The van der Waals surface area contributed by atoms with Gasteiger partial charge < -0.3 is 10.3 Å². The third kappa shape index (κ3) is 3.28. The SMILES string of the molecule is CC(C)(C)C1=CC(=O)NC2=CC(=NC(=O)c3ccc4cc[nH]c4c3)C=CC21. The number of nitrogens with one attached hydrogen (secondary N) is 2. The third-order valence-electron chi connectivity index (χ3n) is 4.89. The summed E-state index contributed by atoms with van der Waals surface area (Å²) in [5.74, 6) is -0.442. The van der Waals surface area contributed by atoms with Crippen LogP contribution in [0.4, 0.5) is 0 Å². The van der Waals surface area contributed by atoms with Gasteiger partial charge in [0.05, 0.1) is 5.71 Å². The van der Waals surface area contributed by atoms with Crippen molar-refractivity contribution in [1.29, 1.82) is 0 Å². The predicted molar refractivity (Wildman–Crippen MR) is 106 cm³/mol. The van der Waals surface area contributed by atoms with E-state index in [0.717, 1.165) is 22.2 Å². The topological polar surface area (TPSA) is 74.3 Å². The predicted octanol–water partition coefficient (Wildman–Crippen LogP) is 3.92. The Morgan fingerprint density at radius 1 is 1.15 bits per heavy atom. The molecule has 1 atom stereocenters. The molecule has 0 bridgehead atoms. The van der Waals surface area contributed by atoms with Gasteiger partial charge in [-0.3, -0.25) is 9.59 Å². The number of hydrogen-bond donors (Lipinski definition) is 2. The van der Waals surface area contributed by atoms with E-state index in [9.17, 15) is 9.59 Å². The first-order chi connectivity index (χ1) is 12.8. The van der Waals surface area contributed by atoms with Crippen molar-refractivity contribution in [2.75, 3.05) is 0 Å². The summed E-state index contributed by atoms with van der Waals surface area (Å²) in [6, 6.07) is 7.42. The van der Waals surface area contributed by atoms with Gasteiger partial charge in [-0.05, 0) is 46.7 Å². The van der Waals surface area contributed by atoms with E-state index < -0.39 is 0 Å². The fraction of sp³-hybridized carbons (Fsp3) is 0.227. The molecule has 2 heterocycles. The molecule has 2 aliphatic rings. The summed E-state index contributed by atoms with van der Waals surface area (Å²) in [7, 11) is 0. The molecule has 1 aliphatic heterocycles. The van der Waals surface area contributed by atoms with Crippen molar-refractivity contribution in [3.05, 3.63) is 71.6 Å². The molecule has 2 amide bonds. The Hall–Kier alpha value is -3.21. The van der Waals surface area contributed by atoms with Crippen LogP contribution < -0.4 is 5.32 Å². The molecule has 0 spiro atoms. The van der Waals surface area contributed by atoms with E-state index in [2.05, 4.69) is 36.1 Å². The van der Waals surface area contributed by atoms with E-state index in [-0.39, 0.29) is 23.1 Å². The Balaban J connectivity index is 1.64. The highest BCUT2D eigenvalue weighted by Gasteiger charge is 2.32. The summed E-state index contributed by atoms with van der Waals surface area (Å²) in [5, 5.41) is 3.93. The monoisotopic (exact) mass is 359 g/mol. The van der Waals surface area contributed by atoms with Gasteiger partial charge in [0.15, 0.2) is 0 Å². The van der Waals surface area contributed by atoms with Gasteiger partial charge in [-0.1, -0.05) is 32.9 Å².